The third-order valence-electron chi connectivity index (χ3n) is 7.03. The highest BCUT2D eigenvalue weighted by molar-refractivity contribution is 6.06. The van der Waals surface area contributed by atoms with Gasteiger partial charge in [0, 0.05) is 18.7 Å². The number of alkyl halides is 3. The van der Waals surface area contributed by atoms with Gasteiger partial charge in [-0.2, -0.15) is 18.3 Å². The maximum atomic E-state index is 14.4. The van der Waals surface area contributed by atoms with Gasteiger partial charge in [-0.15, -0.1) is 0 Å². The summed E-state index contributed by atoms with van der Waals surface area (Å²) in [6.07, 6.45) is -1.78. The molecule has 0 bridgehead atoms. The van der Waals surface area contributed by atoms with Crippen molar-refractivity contribution in [2.75, 3.05) is 31.3 Å². The molecule has 0 radical (unpaired) electrons. The first-order valence-electron chi connectivity index (χ1n) is 13.9. The fourth-order valence-corrected chi connectivity index (χ4v) is 4.71. The number of nitrogen functional groups attached to an aromatic ring is 1. The fraction of sp³-hybridized carbons (Fsp3) is 0.226. The summed E-state index contributed by atoms with van der Waals surface area (Å²) in [5.74, 6) is -1.89. The Balaban J connectivity index is 1.42. The molecule has 0 aliphatic carbocycles. The van der Waals surface area contributed by atoms with E-state index >= 15 is 0 Å². The molecule has 0 aliphatic rings. The number of aliphatic hydroxyl groups is 1. The number of halogens is 4. The second kappa shape index (κ2) is 13.3. The molecule has 3 aromatic carbocycles. The van der Waals surface area contributed by atoms with Crippen LogP contribution in [0.15, 0.2) is 67.0 Å². The molecule has 0 atom stereocenters. The molecule has 10 nitrogen and oxygen atoms in total. The van der Waals surface area contributed by atoms with Crippen LogP contribution in [-0.2, 0) is 12.7 Å². The number of hydrogen-bond acceptors (Lipinski definition) is 8. The normalized spacial score (nSPS) is 11.6. The first kappa shape index (κ1) is 31.3. The number of rotatable bonds is 11. The Morgan fingerprint density at radius 2 is 1.82 bits per heavy atom. The summed E-state index contributed by atoms with van der Waals surface area (Å²) in [6, 6.07) is 14.1. The lowest BCUT2D eigenvalue weighted by Gasteiger charge is -2.13. The summed E-state index contributed by atoms with van der Waals surface area (Å²) < 4.78 is 60.3. The van der Waals surface area contributed by atoms with Gasteiger partial charge in [-0.25, -0.2) is 19.0 Å². The molecule has 5 N–H and O–H groups in total. The van der Waals surface area contributed by atoms with Gasteiger partial charge in [-0.1, -0.05) is 18.2 Å². The van der Waals surface area contributed by atoms with Crippen molar-refractivity contribution in [2.24, 2.45) is 0 Å². The summed E-state index contributed by atoms with van der Waals surface area (Å²) in [5.41, 5.74) is 7.87. The third-order valence-corrected chi connectivity index (χ3v) is 7.03. The number of hydrogen-bond donors (Lipinski definition) is 4. The lowest BCUT2D eigenvalue weighted by Crippen LogP contribution is -2.15. The first-order chi connectivity index (χ1) is 21.6. The minimum absolute atomic E-state index is 0.152. The van der Waals surface area contributed by atoms with E-state index in [1.807, 2.05) is 24.3 Å². The van der Waals surface area contributed by atoms with E-state index < -0.39 is 29.0 Å². The molecule has 14 heteroatoms. The van der Waals surface area contributed by atoms with E-state index in [9.17, 15) is 22.4 Å². The Morgan fingerprint density at radius 3 is 2.51 bits per heavy atom. The van der Waals surface area contributed by atoms with Gasteiger partial charge in [-0.05, 0) is 67.4 Å². The van der Waals surface area contributed by atoms with Crippen LogP contribution in [0.2, 0.25) is 0 Å². The highest BCUT2D eigenvalue weighted by Crippen LogP contribution is 2.36. The molecule has 45 heavy (non-hydrogen) atoms. The molecule has 0 spiro atoms. The fourth-order valence-electron chi connectivity index (χ4n) is 4.71. The Labute approximate surface area is 254 Å². The average Bonchev–Trinajstić information content (AvgIpc) is 3.42. The number of aliphatic hydroxyl groups excluding tert-OH is 1. The minimum atomic E-state index is -4.75. The molecule has 234 valence electrons. The van der Waals surface area contributed by atoms with Crippen molar-refractivity contribution in [3.63, 3.8) is 0 Å². The van der Waals surface area contributed by atoms with Crippen LogP contribution in [0.1, 0.15) is 34.3 Å². The minimum Gasteiger partial charge on any atom is -0.495 e. The summed E-state index contributed by atoms with van der Waals surface area (Å²) in [7, 11) is 1.37. The largest absolute Gasteiger partial charge is 0.495 e. The van der Waals surface area contributed by atoms with E-state index in [-0.39, 0.29) is 29.9 Å². The zero-order chi connectivity index (χ0) is 32.1. The zero-order valence-corrected chi connectivity index (χ0v) is 24.0. The van der Waals surface area contributed by atoms with Crippen molar-refractivity contribution >= 4 is 28.4 Å². The summed E-state index contributed by atoms with van der Waals surface area (Å²) in [6.45, 7) is 1.63. The van der Waals surface area contributed by atoms with Crippen LogP contribution >= 0.6 is 0 Å². The standard InChI is InChI=1S/C31H29F4N7O3/c1-45-25-14-19(6-11-24(25)40-30(44)22-10-7-20(15-23(22)32)31(33,34)35)27-26-28(36)38-17-39-29(26)42(41-27)21-8-4-18(5-9-21)16-37-12-2-3-13-43/h4-11,14-15,17,37,43H,2-3,12-13,16H2,1H3,(H,40,44)(H2,36,38,39). The van der Waals surface area contributed by atoms with Gasteiger partial charge in [0.25, 0.3) is 5.91 Å². The molecular weight excluding hydrogens is 594 g/mol. The summed E-state index contributed by atoms with van der Waals surface area (Å²) in [4.78, 5) is 21.3. The number of anilines is 2. The van der Waals surface area contributed by atoms with Gasteiger partial charge in [0.1, 0.15) is 29.4 Å². The number of benzene rings is 3. The van der Waals surface area contributed by atoms with E-state index in [1.54, 1.807) is 16.8 Å². The van der Waals surface area contributed by atoms with Crippen LogP contribution in [0.25, 0.3) is 28.0 Å². The highest BCUT2D eigenvalue weighted by Gasteiger charge is 2.32. The lowest BCUT2D eigenvalue weighted by molar-refractivity contribution is -0.137. The van der Waals surface area contributed by atoms with Gasteiger partial charge in [-0.3, -0.25) is 4.79 Å². The second-order valence-electron chi connectivity index (χ2n) is 10.1. The Kier molecular flexibility index (Phi) is 9.25. The molecule has 0 saturated heterocycles. The van der Waals surface area contributed by atoms with Gasteiger partial charge < -0.3 is 26.2 Å². The van der Waals surface area contributed by atoms with Gasteiger partial charge in [0.15, 0.2) is 5.65 Å². The number of nitrogens with zero attached hydrogens (tertiary/aromatic N) is 4. The molecule has 0 fully saturated rings. The van der Waals surface area contributed by atoms with E-state index in [4.69, 9.17) is 20.7 Å². The van der Waals surface area contributed by atoms with Crippen LogP contribution in [0, 0.1) is 5.82 Å². The van der Waals surface area contributed by atoms with Crippen LogP contribution < -0.4 is 21.1 Å². The van der Waals surface area contributed by atoms with Crippen molar-refractivity contribution in [3.05, 3.63) is 89.5 Å². The van der Waals surface area contributed by atoms with Gasteiger partial charge in [0.05, 0.1) is 35.0 Å². The number of nitrogens with one attached hydrogen (secondary N) is 2. The van der Waals surface area contributed by atoms with Crippen LogP contribution in [-0.4, -0.2) is 51.0 Å². The van der Waals surface area contributed by atoms with E-state index in [0.717, 1.165) is 36.7 Å². The zero-order valence-electron chi connectivity index (χ0n) is 24.0. The Bertz CT molecular complexity index is 1830. The predicted octanol–water partition coefficient (Wildman–Crippen LogP) is 5.35. The average molecular weight is 624 g/mol. The monoisotopic (exact) mass is 623 g/mol. The predicted molar refractivity (Wildman–Crippen MR) is 160 cm³/mol. The topological polar surface area (TPSA) is 140 Å². The van der Waals surface area contributed by atoms with Crippen LogP contribution in [0.5, 0.6) is 5.75 Å². The number of unbranched alkanes of at least 4 members (excludes halogenated alkanes) is 1. The number of fused-ring (bicyclic) bond motifs is 1. The SMILES string of the molecule is COc1cc(-c2nn(-c3ccc(CNCCCCO)cc3)c3ncnc(N)c23)ccc1NC(=O)c1ccc(C(F)(F)F)cc1F. The number of carbonyl (C=O) groups is 1. The number of carbonyl (C=O) groups excluding carboxylic acids is 1. The summed E-state index contributed by atoms with van der Waals surface area (Å²) >= 11 is 0. The van der Waals surface area contributed by atoms with Crippen molar-refractivity contribution in [3.8, 4) is 22.7 Å². The molecule has 5 aromatic rings. The van der Waals surface area contributed by atoms with Crippen molar-refractivity contribution in [2.45, 2.75) is 25.6 Å². The van der Waals surface area contributed by atoms with Gasteiger partial charge >= 0.3 is 6.18 Å². The third kappa shape index (κ3) is 6.86. The number of aromatic nitrogens is 4. The maximum absolute atomic E-state index is 14.4. The second-order valence-corrected chi connectivity index (χ2v) is 10.1. The number of methoxy groups -OCH3 is 1. The van der Waals surface area contributed by atoms with Crippen LogP contribution in [0.4, 0.5) is 29.1 Å². The summed E-state index contributed by atoms with van der Waals surface area (Å²) in [5, 5.41) is 20.0. The number of nitrogens with two attached hydrogens (primary N) is 1. The molecule has 2 aromatic heterocycles. The van der Waals surface area contributed by atoms with Crippen LogP contribution in [0.3, 0.4) is 0 Å². The molecule has 0 saturated carbocycles. The quantitative estimate of drug-likeness (QED) is 0.114. The van der Waals surface area contributed by atoms with E-state index in [1.165, 1.54) is 19.5 Å². The maximum Gasteiger partial charge on any atom is 0.416 e. The molecule has 1 amide bonds. The molecular formula is C31H29F4N7O3. The molecule has 0 aliphatic heterocycles. The number of amides is 1. The smallest absolute Gasteiger partial charge is 0.416 e. The molecule has 5 rings (SSSR count). The van der Waals surface area contributed by atoms with Crippen molar-refractivity contribution < 1.29 is 32.2 Å². The first-order valence-corrected chi connectivity index (χ1v) is 13.9. The van der Waals surface area contributed by atoms with E-state index in [0.29, 0.717) is 34.9 Å². The van der Waals surface area contributed by atoms with Crippen molar-refractivity contribution in [1.29, 1.82) is 0 Å². The molecule has 2 heterocycles. The highest BCUT2D eigenvalue weighted by atomic mass is 19.4. The van der Waals surface area contributed by atoms with Crippen molar-refractivity contribution in [1.82, 2.24) is 25.1 Å². The number of ether oxygens (including phenoxy) is 1. The van der Waals surface area contributed by atoms with E-state index in [2.05, 4.69) is 20.6 Å². The lowest BCUT2D eigenvalue weighted by atomic mass is 10.1. The van der Waals surface area contributed by atoms with Gasteiger partial charge in [0.2, 0.25) is 0 Å². The molecule has 0 unspecified atom stereocenters. The Hall–Kier alpha value is -5.08. The Morgan fingerprint density at radius 1 is 1.04 bits per heavy atom.